The normalized spacial score (nSPS) is 13.1. The summed E-state index contributed by atoms with van der Waals surface area (Å²) < 4.78 is 17.3. The number of carboxylic acid groups (broad SMARTS) is 1. The van der Waals surface area contributed by atoms with Crippen LogP contribution in [-0.2, 0) is 15.8 Å². The van der Waals surface area contributed by atoms with Gasteiger partial charge in [0.05, 0.1) is 19.2 Å². The Morgan fingerprint density at radius 2 is 1.18 bits per heavy atom. The third-order valence-electron chi connectivity index (χ3n) is 5.48. The molecule has 0 aliphatic rings. The van der Waals surface area contributed by atoms with Crippen molar-refractivity contribution >= 4 is 17.6 Å². The number of hydrogen-bond donors (Lipinski definition) is 0. The zero-order valence-electron chi connectivity index (χ0n) is 20.0. The van der Waals surface area contributed by atoms with E-state index in [4.69, 9.17) is 25.8 Å². The number of ether oxygens (including phenoxy) is 3. The summed E-state index contributed by atoms with van der Waals surface area (Å²) >= 11 is 5.86. The highest BCUT2D eigenvalue weighted by Gasteiger charge is 2.31. The van der Waals surface area contributed by atoms with Crippen LogP contribution < -0.4 is 19.3 Å². The lowest BCUT2D eigenvalue weighted by Crippen LogP contribution is -2.47. The molecule has 0 saturated carbocycles. The first-order chi connectivity index (χ1) is 16.1. The molecular formula is C28H30ClO5-. The average molecular weight is 482 g/mol. The molecular weight excluding hydrogens is 452 g/mol. The van der Waals surface area contributed by atoms with E-state index in [1.54, 1.807) is 48.5 Å². The first kappa shape index (κ1) is 25.4. The van der Waals surface area contributed by atoms with Gasteiger partial charge in [0.1, 0.15) is 17.2 Å². The Labute approximate surface area is 206 Å². The van der Waals surface area contributed by atoms with E-state index in [0.29, 0.717) is 41.7 Å². The molecule has 3 aromatic rings. The summed E-state index contributed by atoms with van der Waals surface area (Å²) in [7, 11) is 0. The first-order valence-corrected chi connectivity index (χ1v) is 11.6. The van der Waals surface area contributed by atoms with Crippen LogP contribution in [0.3, 0.4) is 0 Å². The molecule has 0 radical (unpaired) electrons. The van der Waals surface area contributed by atoms with E-state index >= 15 is 0 Å². The fourth-order valence-corrected chi connectivity index (χ4v) is 3.44. The lowest BCUT2D eigenvalue weighted by atomic mass is 9.87. The largest absolute Gasteiger partial charge is 0.545 e. The smallest absolute Gasteiger partial charge is 0.170 e. The third kappa shape index (κ3) is 6.67. The fraction of sp³-hybridized carbons (Fsp3) is 0.321. The summed E-state index contributed by atoms with van der Waals surface area (Å²) in [5, 5.41) is 12.7. The van der Waals surface area contributed by atoms with Gasteiger partial charge >= 0.3 is 0 Å². The van der Waals surface area contributed by atoms with Crippen LogP contribution in [0.2, 0.25) is 5.02 Å². The van der Waals surface area contributed by atoms with Crippen LogP contribution in [0.5, 0.6) is 17.2 Å². The highest BCUT2D eigenvalue weighted by molar-refractivity contribution is 6.30. The van der Waals surface area contributed by atoms with Gasteiger partial charge in [-0.05, 0) is 66.4 Å². The van der Waals surface area contributed by atoms with Crippen LogP contribution >= 0.6 is 11.6 Å². The topological polar surface area (TPSA) is 67.8 Å². The van der Waals surface area contributed by atoms with Crippen molar-refractivity contribution in [2.45, 2.75) is 45.1 Å². The van der Waals surface area contributed by atoms with Gasteiger partial charge in [0, 0.05) is 17.0 Å². The Bertz CT molecular complexity index is 1070. The molecule has 0 saturated heterocycles. The van der Waals surface area contributed by atoms with Crippen molar-refractivity contribution in [3.05, 3.63) is 88.9 Å². The maximum atomic E-state index is 12.0. The summed E-state index contributed by atoms with van der Waals surface area (Å²) in [6.07, 6.45) is 0.689. The molecule has 0 N–H and O–H groups in total. The van der Waals surface area contributed by atoms with Crippen LogP contribution in [-0.4, -0.2) is 19.2 Å². The maximum Gasteiger partial charge on any atom is 0.170 e. The summed E-state index contributed by atoms with van der Waals surface area (Å²) in [5.41, 5.74) is -0.0526. The van der Waals surface area contributed by atoms with Crippen molar-refractivity contribution in [1.82, 2.24) is 0 Å². The Kier molecular flexibility index (Phi) is 8.11. The molecule has 0 fully saturated rings. The predicted octanol–water partition coefficient (Wildman–Crippen LogP) is 5.53. The number of carbonyl (C=O) groups is 1. The van der Waals surface area contributed by atoms with Crippen molar-refractivity contribution < 1.29 is 24.1 Å². The molecule has 180 valence electrons. The molecule has 0 aliphatic heterocycles. The SMILES string of the molecule is CC(C)(C)c1ccc(OC(C)(C(=O)[O-])c2ccc(OCCCOc3ccc(Cl)cc3)cc2)cc1. The standard InChI is InChI=1S/C28H31ClO5/c1-27(2,3)20-6-14-25(15-7-20)34-28(4,26(30)31)21-8-12-23(13-9-21)32-18-5-19-33-24-16-10-22(29)11-17-24/h6-17H,5,18-19H2,1-4H3,(H,30,31)/p-1. The molecule has 1 unspecified atom stereocenters. The van der Waals surface area contributed by atoms with E-state index in [1.807, 2.05) is 24.3 Å². The van der Waals surface area contributed by atoms with E-state index in [2.05, 4.69) is 20.8 Å². The van der Waals surface area contributed by atoms with Crippen LogP contribution in [0.4, 0.5) is 0 Å². The van der Waals surface area contributed by atoms with E-state index in [9.17, 15) is 9.90 Å². The highest BCUT2D eigenvalue weighted by atomic mass is 35.5. The van der Waals surface area contributed by atoms with Crippen LogP contribution in [0.1, 0.15) is 45.2 Å². The summed E-state index contributed by atoms with van der Waals surface area (Å²) in [5.74, 6) is 0.523. The second-order valence-electron chi connectivity index (χ2n) is 9.23. The lowest BCUT2D eigenvalue weighted by molar-refractivity contribution is -0.322. The fourth-order valence-electron chi connectivity index (χ4n) is 3.32. The molecule has 0 amide bonds. The quantitative estimate of drug-likeness (QED) is 0.356. The minimum atomic E-state index is -1.64. The molecule has 0 heterocycles. The molecule has 0 aromatic heterocycles. The van der Waals surface area contributed by atoms with Gasteiger partial charge in [0.2, 0.25) is 0 Å². The van der Waals surface area contributed by atoms with E-state index < -0.39 is 11.6 Å². The number of rotatable bonds is 10. The van der Waals surface area contributed by atoms with Crippen molar-refractivity contribution in [3.8, 4) is 17.2 Å². The van der Waals surface area contributed by atoms with Crippen LogP contribution in [0, 0.1) is 0 Å². The van der Waals surface area contributed by atoms with E-state index in [-0.39, 0.29) is 5.41 Å². The second kappa shape index (κ2) is 10.8. The minimum absolute atomic E-state index is 0.00596. The first-order valence-electron chi connectivity index (χ1n) is 11.2. The van der Waals surface area contributed by atoms with Gasteiger partial charge in [-0.25, -0.2) is 0 Å². The number of hydrogen-bond acceptors (Lipinski definition) is 5. The van der Waals surface area contributed by atoms with Gasteiger partial charge in [-0.2, -0.15) is 0 Å². The summed E-state index contributed by atoms with van der Waals surface area (Å²) in [6, 6.07) is 21.4. The van der Waals surface area contributed by atoms with Gasteiger partial charge in [0.15, 0.2) is 5.60 Å². The van der Waals surface area contributed by atoms with Crippen molar-refractivity contribution in [2.24, 2.45) is 0 Å². The molecule has 1 atom stereocenters. The van der Waals surface area contributed by atoms with E-state index in [0.717, 1.165) is 11.3 Å². The maximum absolute atomic E-state index is 12.0. The van der Waals surface area contributed by atoms with Crippen LogP contribution in [0.15, 0.2) is 72.8 Å². The molecule has 3 rings (SSSR count). The number of benzene rings is 3. The zero-order valence-corrected chi connectivity index (χ0v) is 20.7. The monoisotopic (exact) mass is 481 g/mol. The molecule has 34 heavy (non-hydrogen) atoms. The highest BCUT2D eigenvalue weighted by Crippen LogP contribution is 2.31. The third-order valence-corrected chi connectivity index (χ3v) is 5.73. The van der Waals surface area contributed by atoms with Crippen molar-refractivity contribution in [1.29, 1.82) is 0 Å². The zero-order chi connectivity index (χ0) is 24.8. The lowest BCUT2D eigenvalue weighted by Gasteiger charge is -2.32. The molecule has 3 aromatic carbocycles. The summed E-state index contributed by atoms with van der Waals surface area (Å²) in [4.78, 5) is 12.0. The van der Waals surface area contributed by atoms with Gasteiger partial charge in [-0.3, -0.25) is 0 Å². The number of carboxylic acids is 1. The van der Waals surface area contributed by atoms with Gasteiger partial charge in [-0.15, -0.1) is 0 Å². The number of carbonyl (C=O) groups excluding carboxylic acids is 1. The Morgan fingerprint density at radius 3 is 1.65 bits per heavy atom. The molecule has 5 nitrogen and oxygen atoms in total. The molecule has 6 heteroatoms. The van der Waals surface area contributed by atoms with E-state index in [1.165, 1.54) is 6.92 Å². The summed E-state index contributed by atoms with van der Waals surface area (Å²) in [6.45, 7) is 8.80. The molecule has 0 spiro atoms. The van der Waals surface area contributed by atoms with Crippen molar-refractivity contribution in [2.75, 3.05) is 13.2 Å². The Morgan fingerprint density at radius 1 is 0.735 bits per heavy atom. The number of aliphatic carboxylic acids is 1. The predicted molar refractivity (Wildman–Crippen MR) is 132 cm³/mol. The Hall–Kier alpha value is -3.18. The second-order valence-corrected chi connectivity index (χ2v) is 9.66. The van der Waals surface area contributed by atoms with Gasteiger partial charge < -0.3 is 24.1 Å². The number of halogens is 1. The Balaban J connectivity index is 1.57. The average Bonchev–Trinajstić information content (AvgIpc) is 2.80. The van der Waals surface area contributed by atoms with Crippen molar-refractivity contribution in [3.63, 3.8) is 0 Å². The van der Waals surface area contributed by atoms with Gasteiger partial charge in [0.25, 0.3) is 0 Å². The van der Waals surface area contributed by atoms with Gasteiger partial charge in [-0.1, -0.05) is 56.6 Å². The van der Waals surface area contributed by atoms with Crippen LogP contribution in [0.25, 0.3) is 0 Å². The minimum Gasteiger partial charge on any atom is -0.545 e. The molecule has 0 bridgehead atoms. The molecule has 0 aliphatic carbocycles.